The molecule has 2 aromatic rings. The Balaban J connectivity index is 1.65. The Morgan fingerprint density at radius 1 is 1.45 bits per heavy atom. The summed E-state index contributed by atoms with van der Waals surface area (Å²) in [6, 6.07) is 1.97. The van der Waals surface area contributed by atoms with Crippen LogP contribution in [0.25, 0.3) is 11.4 Å². The van der Waals surface area contributed by atoms with Crippen molar-refractivity contribution in [1.29, 1.82) is 0 Å². The first kappa shape index (κ1) is 13.3. The minimum atomic E-state index is -0.332. The molecule has 1 amide bonds. The van der Waals surface area contributed by atoms with Crippen LogP contribution in [0.2, 0.25) is 0 Å². The Hall–Kier alpha value is -1.69. The summed E-state index contributed by atoms with van der Waals surface area (Å²) in [5.41, 5.74) is 0.647. The van der Waals surface area contributed by atoms with Gasteiger partial charge in [-0.25, -0.2) is 0 Å². The van der Waals surface area contributed by atoms with E-state index in [1.54, 1.807) is 11.3 Å². The van der Waals surface area contributed by atoms with Crippen LogP contribution in [0.4, 0.5) is 0 Å². The Labute approximate surface area is 121 Å². The predicted octanol–water partition coefficient (Wildman–Crippen LogP) is 2.77. The largest absolute Gasteiger partial charge is 0.341 e. The average molecular weight is 291 g/mol. The van der Waals surface area contributed by atoms with Gasteiger partial charge in [0.1, 0.15) is 0 Å². The molecule has 1 fully saturated rings. The molecule has 0 saturated carbocycles. The van der Waals surface area contributed by atoms with E-state index in [-0.39, 0.29) is 17.2 Å². The Bertz CT molecular complexity index is 607. The lowest BCUT2D eigenvalue weighted by Gasteiger charge is -2.40. The van der Waals surface area contributed by atoms with Crippen LogP contribution in [0.5, 0.6) is 0 Å². The van der Waals surface area contributed by atoms with E-state index in [0.29, 0.717) is 24.8 Å². The van der Waals surface area contributed by atoms with Crippen molar-refractivity contribution >= 4 is 17.2 Å². The van der Waals surface area contributed by atoms with E-state index < -0.39 is 0 Å². The van der Waals surface area contributed by atoms with E-state index in [0.717, 1.165) is 5.56 Å². The summed E-state index contributed by atoms with van der Waals surface area (Å²) in [5, 5.41) is 7.97. The van der Waals surface area contributed by atoms with Crippen LogP contribution in [-0.2, 0) is 4.79 Å². The number of hydrogen-bond acceptors (Lipinski definition) is 5. The first-order chi connectivity index (χ1) is 9.45. The van der Waals surface area contributed by atoms with Gasteiger partial charge in [-0.05, 0) is 11.4 Å². The highest BCUT2D eigenvalue weighted by Crippen LogP contribution is 2.31. The maximum Gasteiger partial charge on any atom is 0.233 e. The fraction of sp³-hybridized carbons (Fsp3) is 0.500. The van der Waals surface area contributed by atoms with Gasteiger partial charge >= 0.3 is 0 Å². The summed E-state index contributed by atoms with van der Waals surface area (Å²) < 4.78 is 5.31. The van der Waals surface area contributed by atoms with Crippen LogP contribution in [0, 0.1) is 5.41 Å². The summed E-state index contributed by atoms with van der Waals surface area (Å²) in [7, 11) is 0. The number of aromatic nitrogens is 2. The van der Waals surface area contributed by atoms with E-state index in [4.69, 9.17) is 4.52 Å². The first-order valence-corrected chi connectivity index (χ1v) is 7.55. The van der Waals surface area contributed by atoms with Gasteiger partial charge in [0.15, 0.2) is 0 Å². The van der Waals surface area contributed by atoms with Crippen molar-refractivity contribution in [2.45, 2.75) is 26.7 Å². The number of carbonyl (C=O) groups is 1. The van der Waals surface area contributed by atoms with E-state index >= 15 is 0 Å². The third-order valence-electron chi connectivity index (χ3n) is 3.38. The van der Waals surface area contributed by atoms with Gasteiger partial charge in [0.2, 0.25) is 17.6 Å². The molecule has 106 valence electrons. The third-order valence-corrected chi connectivity index (χ3v) is 4.06. The quantitative estimate of drug-likeness (QED) is 0.853. The fourth-order valence-corrected chi connectivity index (χ4v) is 2.82. The second kappa shape index (κ2) is 4.70. The SMILES string of the molecule is CC(C)(C)C(=O)N1CC(c2nc(-c3ccsc3)no2)C1. The first-order valence-electron chi connectivity index (χ1n) is 6.60. The van der Waals surface area contributed by atoms with Gasteiger partial charge in [-0.2, -0.15) is 16.3 Å². The van der Waals surface area contributed by atoms with Crippen LogP contribution >= 0.6 is 11.3 Å². The van der Waals surface area contributed by atoms with Gasteiger partial charge in [-0.3, -0.25) is 4.79 Å². The topological polar surface area (TPSA) is 59.2 Å². The molecule has 1 aliphatic heterocycles. The Morgan fingerprint density at radius 2 is 2.20 bits per heavy atom. The summed E-state index contributed by atoms with van der Waals surface area (Å²) in [5.74, 6) is 1.60. The van der Waals surface area contributed by atoms with Crippen molar-refractivity contribution in [3.63, 3.8) is 0 Å². The molecule has 1 aliphatic rings. The summed E-state index contributed by atoms with van der Waals surface area (Å²) >= 11 is 1.60. The zero-order valence-electron chi connectivity index (χ0n) is 11.8. The lowest BCUT2D eigenvalue weighted by molar-refractivity contribution is -0.144. The minimum Gasteiger partial charge on any atom is -0.341 e. The number of rotatable bonds is 2. The number of likely N-dealkylation sites (tertiary alicyclic amines) is 1. The van der Waals surface area contributed by atoms with Crippen molar-refractivity contribution in [3.05, 3.63) is 22.7 Å². The number of carbonyl (C=O) groups excluding carboxylic acids is 1. The van der Waals surface area contributed by atoms with Crippen LogP contribution in [0.1, 0.15) is 32.6 Å². The molecule has 1 saturated heterocycles. The van der Waals surface area contributed by atoms with Crippen LogP contribution < -0.4 is 0 Å². The molecule has 3 heterocycles. The second-order valence-corrected chi connectivity index (χ2v) is 6.91. The number of amides is 1. The molecule has 0 atom stereocenters. The Morgan fingerprint density at radius 3 is 2.80 bits per heavy atom. The molecule has 0 aromatic carbocycles. The number of hydrogen-bond donors (Lipinski definition) is 0. The molecular weight excluding hydrogens is 274 g/mol. The van der Waals surface area contributed by atoms with E-state index in [9.17, 15) is 4.79 Å². The molecule has 0 N–H and O–H groups in total. The minimum absolute atomic E-state index is 0.168. The van der Waals surface area contributed by atoms with Crippen molar-refractivity contribution in [2.24, 2.45) is 5.41 Å². The highest BCUT2D eigenvalue weighted by molar-refractivity contribution is 7.08. The molecule has 0 unspecified atom stereocenters. The molecule has 2 aromatic heterocycles. The molecule has 0 aliphatic carbocycles. The summed E-state index contributed by atoms with van der Waals surface area (Å²) in [6.45, 7) is 7.14. The molecular formula is C14H17N3O2S. The van der Waals surface area contributed by atoms with E-state index in [2.05, 4.69) is 10.1 Å². The second-order valence-electron chi connectivity index (χ2n) is 6.13. The van der Waals surface area contributed by atoms with E-state index in [1.807, 2.05) is 42.5 Å². The lowest BCUT2D eigenvalue weighted by Crippen LogP contribution is -2.52. The van der Waals surface area contributed by atoms with Gasteiger partial charge in [0.05, 0.1) is 5.92 Å². The normalized spacial score (nSPS) is 16.2. The monoisotopic (exact) mass is 291 g/mol. The van der Waals surface area contributed by atoms with Crippen molar-refractivity contribution in [3.8, 4) is 11.4 Å². The molecule has 0 radical (unpaired) electrons. The molecule has 0 bridgehead atoms. The van der Waals surface area contributed by atoms with Crippen molar-refractivity contribution in [2.75, 3.05) is 13.1 Å². The smallest absolute Gasteiger partial charge is 0.233 e. The van der Waals surface area contributed by atoms with Crippen LogP contribution in [0.3, 0.4) is 0 Å². The molecule has 0 spiro atoms. The molecule has 20 heavy (non-hydrogen) atoms. The van der Waals surface area contributed by atoms with Crippen LogP contribution in [0.15, 0.2) is 21.3 Å². The molecule has 6 heteroatoms. The summed E-state index contributed by atoms with van der Waals surface area (Å²) in [6.07, 6.45) is 0. The zero-order valence-corrected chi connectivity index (χ0v) is 12.6. The average Bonchev–Trinajstić information content (AvgIpc) is 2.95. The van der Waals surface area contributed by atoms with Crippen molar-refractivity contribution in [1.82, 2.24) is 15.0 Å². The summed E-state index contributed by atoms with van der Waals surface area (Å²) in [4.78, 5) is 18.3. The van der Waals surface area contributed by atoms with Gasteiger partial charge in [0.25, 0.3) is 0 Å². The number of nitrogens with zero attached hydrogens (tertiary/aromatic N) is 3. The third kappa shape index (κ3) is 2.35. The van der Waals surface area contributed by atoms with E-state index in [1.165, 1.54) is 0 Å². The zero-order chi connectivity index (χ0) is 14.3. The standard InChI is InChI=1S/C14H17N3O2S/c1-14(2,3)13(18)17-6-10(7-17)12-15-11(16-19-12)9-4-5-20-8-9/h4-5,8,10H,6-7H2,1-3H3. The van der Waals surface area contributed by atoms with Gasteiger partial charge in [-0.15, -0.1) is 0 Å². The maximum absolute atomic E-state index is 12.1. The lowest BCUT2D eigenvalue weighted by atomic mass is 9.90. The molecule has 5 nitrogen and oxygen atoms in total. The van der Waals surface area contributed by atoms with Gasteiger partial charge in [-0.1, -0.05) is 25.9 Å². The fourth-order valence-electron chi connectivity index (χ4n) is 2.18. The predicted molar refractivity (Wildman–Crippen MR) is 76.4 cm³/mol. The van der Waals surface area contributed by atoms with Gasteiger partial charge < -0.3 is 9.42 Å². The van der Waals surface area contributed by atoms with Crippen LogP contribution in [-0.4, -0.2) is 34.0 Å². The molecule has 3 rings (SSSR count). The highest BCUT2D eigenvalue weighted by Gasteiger charge is 2.39. The Kier molecular flexibility index (Phi) is 3.12. The van der Waals surface area contributed by atoms with Gasteiger partial charge in [0, 0.05) is 29.4 Å². The highest BCUT2D eigenvalue weighted by atomic mass is 32.1. The maximum atomic E-state index is 12.1. The van der Waals surface area contributed by atoms with Crippen molar-refractivity contribution < 1.29 is 9.32 Å². The number of thiophene rings is 1.